The van der Waals surface area contributed by atoms with Gasteiger partial charge in [0.2, 0.25) is 10.0 Å². The molecular formula is C11H14N4O2S2. The molecule has 0 saturated carbocycles. The zero-order valence-electron chi connectivity index (χ0n) is 10.3. The SMILES string of the molecule is Cc1nc(CNc2ccc(N)cc2S(N)(=O)=O)cs1. The first-order valence-corrected chi connectivity index (χ1v) is 7.86. The van der Waals surface area contributed by atoms with Gasteiger partial charge in [0.1, 0.15) is 4.90 Å². The van der Waals surface area contributed by atoms with E-state index in [2.05, 4.69) is 10.3 Å². The molecule has 102 valence electrons. The number of aryl methyl sites for hydroxylation is 1. The third-order valence-corrected chi connectivity index (χ3v) is 4.21. The zero-order valence-corrected chi connectivity index (χ0v) is 11.9. The topological polar surface area (TPSA) is 111 Å². The molecule has 0 saturated heterocycles. The van der Waals surface area contributed by atoms with Gasteiger partial charge >= 0.3 is 0 Å². The molecular weight excluding hydrogens is 284 g/mol. The van der Waals surface area contributed by atoms with E-state index in [1.165, 1.54) is 17.4 Å². The van der Waals surface area contributed by atoms with Gasteiger partial charge in [0, 0.05) is 11.1 Å². The summed E-state index contributed by atoms with van der Waals surface area (Å²) in [4.78, 5) is 4.27. The second kappa shape index (κ2) is 5.16. The highest BCUT2D eigenvalue weighted by molar-refractivity contribution is 7.89. The molecule has 0 radical (unpaired) electrons. The number of rotatable bonds is 4. The van der Waals surface area contributed by atoms with E-state index in [1.807, 2.05) is 12.3 Å². The molecule has 19 heavy (non-hydrogen) atoms. The second-order valence-corrected chi connectivity index (χ2v) is 6.60. The van der Waals surface area contributed by atoms with Crippen molar-refractivity contribution in [2.75, 3.05) is 11.1 Å². The summed E-state index contributed by atoms with van der Waals surface area (Å²) in [5.74, 6) is 0. The van der Waals surface area contributed by atoms with E-state index in [0.717, 1.165) is 10.7 Å². The lowest BCUT2D eigenvalue weighted by molar-refractivity contribution is 0.598. The maximum absolute atomic E-state index is 11.5. The third-order valence-electron chi connectivity index (χ3n) is 2.44. The van der Waals surface area contributed by atoms with Crippen molar-refractivity contribution in [2.45, 2.75) is 18.4 Å². The standard InChI is InChI=1S/C11H14N4O2S2/c1-7-15-9(6-18-7)5-14-10-3-2-8(12)4-11(10)19(13,16)17/h2-4,6,14H,5,12H2,1H3,(H2,13,16,17). The van der Waals surface area contributed by atoms with Crippen LogP contribution in [-0.2, 0) is 16.6 Å². The molecule has 0 atom stereocenters. The summed E-state index contributed by atoms with van der Waals surface area (Å²) in [6.07, 6.45) is 0. The van der Waals surface area contributed by atoms with Crippen molar-refractivity contribution in [3.8, 4) is 0 Å². The Morgan fingerprint density at radius 2 is 2.16 bits per heavy atom. The van der Waals surface area contributed by atoms with Crippen LogP contribution in [0.5, 0.6) is 0 Å². The number of nitrogens with two attached hydrogens (primary N) is 2. The van der Waals surface area contributed by atoms with E-state index in [-0.39, 0.29) is 4.90 Å². The molecule has 0 spiro atoms. The first-order valence-electron chi connectivity index (χ1n) is 5.43. The number of benzene rings is 1. The van der Waals surface area contributed by atoms with Gasteiger partial charge in [-0.25, -0.2) is 18.5 Å². The number of nitrogen functional groups attached to an aromatic ring is 1. The lowest BCUT2D eigenvalue weighted by Crippen LogP contribution is -2.15. The summed E-state index contributed by atoms with van der Waals surface area (Å²) in [5, 5.41) is 11.0. The molecule has 1 aromatic heterocycles. The van der Waals surface area contributed by atoms with Crippen LogP contribution in [0, 0.1) is 6.92 Å². The number of thiazole rings is 1. The molecule has 2 aromatic rings. The number of nitrogens with one attached hydrogen (secondary N) is 1. The molecule has 2 rings (SSSR count). The van der Waals surface area contributed by atoms with Crippen LogP contribution in [-0.4, -0.2) is 13.4 Å². The Kier molecular flexibility index (Phi) is 3.74. The van der Waals surface area contributed by atoms with E-state index < -0.39 is 10.0 Å². The van der Waals surface area contributed by atoms with E-state index >= 15 is 0 Å². The van der Waals surface area contributed by atoms with Crippen molar-refractivity contribution in [1.29, 1.82) is 0 Å². The summed E-state index contributed by atoms with van der Waals surface area (Å²) in [6.45, 7) is 2.34. The predicted octanol–water partition coefficient (Wildman–Crippen LogP) is 1.29. The maximum Gasteiger partial charge on any atom is 0.240 e. The fourth-order valence-corrected chi connectivity index (χ4v) is 2.96. The Morgan fingerprint density at radius 3 is 2.74 bits per heavy atom. The number of hydrogen-bond donors (Lipinski definition) is 3. The molecule has 1 heterocycles. The van der Waals surface area contributed by atoms with Crippen LogP contribution in [0.1, 0.15) is 10.7 Å². The minimum absolute atomic E-state index is 0.0144. The fraction of sp³-hybridized carbons (Fsp3) is 0.182. The smallest absolute Gasteiger partial charge is 0.240 e. The summed E-state index contributed by atoms with van der Waals surface area (Å²) < 4.78 is 23.0. The highest BCUT2D eigenvalue weighted by atomic mass is 32.2. The molecule has 0 bridgehead atoms. The number of sulfonamides is 1. The van der Waals surface area contributed by atoms with E-state index in [4.69, 9.17) is 10.9 Å². The monoisotopic (exact) mass is 298 g/mol. The molecule has 5 N–H and O–H groups in total. The molecule has 0 amide bonds. The van der Waals surface area contributed by atoms with Gasteiger partial charge in [-0.2, -0.15) is 0 Å². The van der Waals surface area contributed by atoms with Gasteiger partial charge in [0.15, 0.2) is 0 Å². The number of anilines is 2. The van der Waals surface area contributed by atoms with Crippen molar-refractivity contribution < 1.29 is 8.42 Å². The summed E-state index contributed by atoms with van der Waals surface area (Å²) >= 11 is 1.54. The predicted molar refractivity (Wildman–Crippen MR) is 76.4 cm³/mol. The van der Waals surface area contributed by atoms with E-state index in [0.29, 0.717) is 17.9 Å². The molecule has 0 aliphatic carbocycles. The molecule has 0 fully saturated rings. The van der Waals surface area contributed by atoms with E-state index in [9.17, 15) is 8.42 Å². The summed E-state index contributed by atoms with van der Waals surface area (Å²) in [5.41, 5.74) is 7.19. The van der Waals surface area contributed by atoms with Crippen LogP contribution >= 0.6 is 11.3 Å². The lowest BCUT2D eigenvalue weighted by atomic mass is 10.3. The molecule has 0 aliphatic heterocycles. The van der Waals surface area contributed by atoms with Gasteiger partial charge < -0.3 is 11.1 Å². The van der Waals surface area contributed by atoms with Crippen LogP contribution in [0.2, 0.25) is 0 Å². The van der Waals surface area contributed by atoms with Crippen molar-refractivity contribution in [2.24, 2.45) is 5.14 Å². The lowest BCUT2D eigenvalue weighted by Gasteiger charge is -2.10. The molecule has 0 unspecified atom stereocenters. The van der Waals surface area contributed by atoms with Gasteiger partial charge in [-0.1, -0.05) is 0 Å². The van der Waals surface area contributed by atoms with Crippen LogP contribution in [0.3, 0.4) is 0 Å². The minimum Gasteiger partial charge on any atom is -0.399 e. The van der Waals surface area contributed by atoms with Crippen LogP contribution < -0.4 is 16.2 Å². The number of hydrogen-bond acceptors (Lipinski definition) is 6. The van der Waals surface area contributed by atoms with Crippen molar-refractivity contribution in [3.05, 3.63) is 34.3 Å². The van der Waals surface area contributed by atoms with Gasteiger partial charge in [0.25, 0.3) is 0 Å². The number of nitrogens with zero attached hydrogens (tertiary/aromatic N) is 1. The minimum atomic E-state index is -3.82. The van der Waals surface area contributed by atoms with Crippen molar-refractivity contribution in [3.63, 3.8) is 0 Å². The van der Waals surface area contributed by atoms with Gasteiger partial charge in [0.05, 0.1) is 22.9 Å². The van der Waals surface area contributed by atoms with Crippen LogP contribution in [0.15, 0.2) is 28.5 Å². The highest BCUT2D eigenvalue weighted by Gasteiger charge is 2.14. The Hall–Kier alpha value is -1.64. The van der Waals surface area contributed by atoms with Crippen LogP contribution in [0.4, 0.5) is 11.4 Å². The molecule has 6 nitrogen and oxygen atoms in total. The normalized spacial score (nSPS) is 11.5. The Bertz CT molecular complexity index is 694. The van der Waals surface area contributed by atoms with E-state index in [1.54, 1.807) is 12.1 Å². The third kappa shape index (κ3) is 3.43. The van der Waals surface area contributed by atoms with Crippen molar-refractivity contribution >= 4 is 32.7 Å². The fourth-order valence-electron chi connectivity index (χ4n) is 1.60. The zero-order chi connectivity index (χ0) is 14.0. The van der Waals surface area contributed by atoms with Crippen LogP contribution in [0.25, 0.3) is 0 Å². The second-order valence-electron chi connectivity index (χ2n) is 4.01. The highest BCUT2D eigenvalue weighted by Crippen LogP contribution is 2.23. The Morgan fingerprint density at radius 1 is 1.42 bits per heavy atom. The first kappa shape index (κ1) is 13.8. The van der Waals surface area contributed by atoms with Gasteiger partial charge in [-0.3, -0.25) is 0 Å². The summed E-state index contributed by atoms with van der Waals surface area (Å²) in [7, 11) is -3.82. The Balaban J connectivity index is 2.25. The number of aromatic nitrogens is 1. The Labute approximate surface area is 115 Å². The average Bonchev–Trinajstić information content (AvgIpc) is 2.72. The maximum atomic E-state index is 11.5. The van der Waals surface area contributed by atoms with Crippen molar-refractivity contribution in [1.82, 2.24) is 4.98 Å². The first-order chi connectivity index (χ1) is 8.86. The molecule has 0 aliphatic rings. The largest absolute Gasteiger partial charge is 0.399 e. The van der Waals surface area contributed by atoms with Gasteiger partial charge in [-0.05, 0) is 25.1 Å². The molecule has 8 heteroatoms. The molecule has 1 aromatic carbocycles. The summed E-state index contributed by atoms with van der Waals surface area (Å²) in [6, 6.07) is 4.54. The average molecular weight is 298 g/mol. The quantitative estimate of drug-likeness (QED) is 0.737. The number of primary sulfonamides is 1. The van der Waals surface area contributed by atoms with Gasteiger partial charge in [-0.15, -0.1) is 11.3 Å².